The molecule has 0 fully saturated rings. The summed E-state index contributed by atoms with van der Waals surface area (Å²) in [6.45, 7) is 7.95. The van der Waals surface area contributed by atoms with E-state index in [1.54, 1.807) is 30.3 Å². The summed E-state index contributed by atoms with van der Waals surface area (Å²) in [5.41, 5.74) is 6.36. The van der Waals surface area contributed by atoms with Crippen LogP contribution in [0.4, 0.5) is 4.39 Å². The third kappa shape index (κ3) is 4.88. The monoisotopic (exact) mass is 363 g/mol. The van der Waals surface area contributed by atoms with E-state index in [0.29, 0.717) is 16.2 Å². The Balaban J connectivity index is 1.90. The highest BCUT2D eigenvalue weighted by atomic mass is 35.5. The van der Waals surface area contributed by atoms with Crippen molar-refractivity contribution in [2.24, 2.45) is 5.73 Å². The second-order valence-corrected chi connectivity index (χ2v) is 6.45. The zero-order chi connectivity index (χ0) is 17.7. The molecule has 2 rings (SSSR count). The predicted molar refractivity (Wildman–Crippen MR) is 95.3 cm³/mol. The molecular formula is C18H15ClFNO2S. The SMILES string of the molecule is C=C(OCc1ccc(F)c(Cl)c1)C(=C)Sc1ccc(C(N)=O)cc1. The molecule has 0 saturated carbocycles. The standard InChI is InChI=1S/C18H15ClFNO2S/c1-11(23-10-13-3-8-17(20)16(19)9-13)12(2)24-15-6-4-14(5-7-15)18(21)22/h3-9H,1-2,10H2,(H2,21,22). The molecule has 0 bridgehead atoms. The zero-order valence-electron chi connectivity index (χ0n) is 12.7. The normalized spacial score (nSPS) is 10.2. The molecule has 2 N–H and O–H groups in total. The van der Waals surface area contributed by atoms with Crippen molar-refractivity contribution in [3.63, 3.8) is 0 Å². The fraction of sp³-hybridized carbons (Fsp3) is 0.0556. The number of carbonyl (C=O) groups is 1. The number of hydrogen-bond acceptors (Lipinski definition) is 3. The third-order valence-corrected chi connectivity index (χ3v) is 4.36. The van der Waals surface area contributed by atoms with Gasteiger partial charge in [-0.15, -0.1) is 0 Å². The summed E-state index contributed by atoms with van der Waals surface area (Å²) < 4.78 is 18.7. The van der Waals surface area contributed by atoms with Gasteiger partial charge in [0.15, 0.2) is 0 Å². The maximum atomic E-state index is 13.1. The Morgan fingerprint density at radius 2 is 1.88 bits per heavy atom. The predicted octanol–water partition coefficient (Wildman–Crippen LogP) is 4.91. The van der Waals surface area contributed by atoms with Gasteiger partial charge >= 0.3 is 0 Å². The van der Waals surface area contributed by atoms with Crippen LogP contribution in [0.1, 0.15) is 15.9 Å². The third-order valence-electron chi connectivity index (χ3n) is 3.09. The molecule has 0 radical (unpaired) electrons. The first-order chi connectivity index (χ1) is 11.4. The van der Waals surface area contributed by atoms with Gasteiger partial charge < -0.3 is 10.5 Å². The molecule has 0 aliphatic rings. The Bertz CT molecular complexity index is 790. The Morgan fingerprint density at radius 3 is 2.46 bits per heavy atom. The van der Waals surface area contributed by atoms with E-state index in [4.69, 9.17) is 22.1 Å². The lowest BCUT2D eigenvalue weighted by Gasteiger charge is -2.12. The number of ether oxygens (including phenoxy) is 1. The van der Waals surface area contributed by atoms with Crippen molar-refractivity contribution in [3.8, 4) is 0 Å². The fourth-order valence-electron chi connectivity index (χ4n) is 1.77. The minimum Gasteiger partial charge on any atom is -0.488 e. The quantitative estimate of drug-likeness (QED) is 0.432. The average molecular weight is 364 g/mol. The summed E-state index contributed by atoms with van der Waals surface area (Å²) in [6, 6.07) is 11.2. The second-order valence-electron chi connectivity index (χ2n) is 4.87. The molecule has 2 aromatic carbocycles. The number of benzene rings is 2. The number of hydrogen-bond donors (Lipinski definition) is 1. The molecule has 0 aromatic heterocycles. The molecule has 3 nitrogen and oxygen atoms in total. The average Bonchev–Trinajstić information content (AvgIpc) is 2.56. The van der Waals surface area contributed by atoms with Gasteiger partial charge in [-0.05, 0) is 42.0 Å². The number of carbonyl (C=O) groups excluding carboxylic acids is 1. The highest BCUT2D eigenvalue weighted by molar-refractivity contribution is 8.03. The molecule has 0 atom stereocenters. The van der Waals surface area contributed by atoms with Crippen LogP contribution >= 0.6 is 23.4 Å². The van der Waals surface area contributed by atoms with Crippen molar-refractivity contribution in [2.75, 3.05) is 0 Å². The van der Waals surface area contributed by atoms with Gasteiger partial charge in [0.1, 0.15) is 18.2 Å². The van der Waals surface area contributed by atoms with E-state index in [-0.39, 0.29) is 11.6 Å². The molecule has 0 unspecified atom stereocenters. The largest absolute Gasteiger partial charge is 0.488 e. The van der Waals surface area contributed by atoms with Crippen molar-refractivity contribution in [1.29, 1.82) is 0 Å². The molecule has 1 amide bonds. The smallest absolute Gasteiger partial charge is 0.248 e. The van der Waals surface area contributed by atoms with Gasteiger partial charge in [-0.1, -0.05) is 42.6 Å². The first-order valence-electron chi connectivity index (χ1n) is 6.89. The van der Waals surface area contributed by atoms with Crippen molar-refractivity contribution in [2.45, 2.75) is 11.5 Å². The minimum absolute atomic E-state index is 0.0458. The van der Waals surface area contributed by atoms with Gasteiger partial charge in [-0.3, -0.25) is 4.79 Å². The molecule has 0 aliphatic carbocycles. The van der Waals surface area contributed by atoms with E-state index in [2.05, 4.69) is 13.2 Å². The summed E-state index contributed by atoms with van der Waals surface area (Å²) in [5.74, 6) is -0.547. The van der Waals surface area contributed by atoms with Crippen LogP contribution in [0.25, 0.3) is 0 Å². The van der Waals surface area contributed by atoms with Crippen LogP contribution in [0.5, 0.6) is 0 Å². The van der Waals surface area contributed by atoms with Crippen molar-refractivity contribution < 1.29 is 13.9 Å². The Hall–Kier alpha value is -2.24. The van der Waals surface area contributed by atoms with Gasteiger partial charge in [0.2, 0.25) is 5.91 Å². The number of primary amides is 1. The van der Waals surface area contributed by atoms with E-state index in [9.17, 15) is 9.18 Å². The molecule has 0 aliphatic heterocycles. The maximum absolute atomic E-state index is 13.1. The lowest BCUT2D eigenvalue weighted by atomic mass is 10.2. The van der Waals surface area contributed by atoms with Crippen molar-refractivity contribution >= 4 is 29.3 Å². The minimum atomic E-state index is -0.476. The van der Waals surface area contributed by atoms with E-state index in [0.717, 1.165) is 10.5 Å². The lowest BCUT2D eigenvalue weighted by molar-refractivity contribution is 0.1000. The van der Waals surface area contributed by atoms with Crippen LogP contribution in [0.15, 0.2) is 71.2 Å². The fourth-order valence-corrected chi connectivity index (χ4v) is 2.70. The van der Waals surface area contributed by atoms with Crippen LogP contribution in [-0.2, 0) is 11.3 Å². The summed E-state index contributed by atoms with van der Waals surface area (Å²) in [7, 11) is 0. The Labute approximate surface area is 149 Å². The molecule has 6 heteroatoms. The van der Waals surface area contributed by atoms with Crippen LogP contribution in [-0.4, -0.2) is 5.91 Å². The number of thioether (sulfide) groups is 1. The van der Waals surface area contributed by atoms with Crippen LogP contribution in [0.2, 0.25) is 5.02 Å². The van der Waals surface area contributed by atoms with E-state index in [1.807, 2.05) is 0 Å². The molecule has 2 aromatic rings. The first kappa shape index (κ1) is 18.1. The summed E-state index contributed by atoms with van der Waals surface area (Å²) in [5, 5.41) is 0.0458. The molecule has 0 spiro atoms. The number of halogens is 2. The maximum Gasteiger partial charge on any atom is 0.248 e. The summed E-state index contributed by atoms with van der Waals surface area (Å²) in [4.78, 5) is 12.5. The van der Waals surface area contributed by atoms with Gasteiger partial charge in [0.25, 0.3) is 0 Å². The van der Waals surface area contributed by atoms with E-state index in [1.165, 1.54) is 23.9 Å². The molecule has 124 valence electrons. The lowest BCUT2D eigenvalue weighted by Crippen LogP contribution is -2.10. The first-order valence-corrected chi connectivity index (χ1v) is 8.09. The Kier molecular flexibility index (Phi) is 6.06. The van der Waals surface area contributed by atoms with E-state index < -0.39 is 11.7 Å². The van der Waals surface area contributed by atoms with Gasteiger partial charge in [0, 0.05) is 15.4 Å². The summed E-state index contributed by atoms with van der Waals surface area (Å²) in [6.07, 6.45) is 0. The number of nitrogens with two attached hydrogens (primary N) is 1. The molecule has 24 heavy (non-hydrogen) atoms. The van der Waals surface area contributed by atoms with Crippen LogP contribution < -0.4 is 5.73 Å². The molecular weight excluding hydrogens is 349 g/mol. The topological polar surface area (TPSA) is 52.3 Å². The number of amides is 1. The van der Waals surface area contributed by atoms with Gasteiger partial charge in [0.05, 0.1) is 5.02 Å². The number of rotatable bonds is 7. The molecule has 0 heterocycles. The highest BCUT2D eigenvalue weighted by Crippen LogP contribution is 2.30. The van der Waals surface area contributed by atoms with Crippen molar-refractivity contribution in [1.82, 2.24) is 0 Å². The van der Waals surface area contributed by atoms with Gasteiger partial charge in [-0.2, -0.15) is 0 Å². The zero-order valence-corrected chi connectivity index (χ0v) is 14.3. The second kappa shape index (κ2) is 8.04. The summed E-state index contributed by atoms with van der Waals surface area (Å²) >= 11 is 7.08. The highest BCUT2D eigenvalue weighted by Gasteiger charge is 2.07. The molecule has 0 saturated heterocycles. The van der Waals surface area contributed by atoms with Crippen molar-refractivity contribution in [3.05, 3.63) is 88.3 Å². The van der Waals surface area contributed by atoms with Crippen LogP contribution in [0, 0.1) is 5.82 Å². The van der Waals surface area contributed by atoms with E-state index >= 15 is 0 Å². The van der Waals surface area contributed by atoms with Gasteiger partial charge in [-0.25, -0.2) is 4.39 Å². The van der Waals surface area contributed by atoms with Crippen LogP contribution in [0.3, 0.4) is 0 Å². The Morgan fingerprint density at radius 1 is 1.21 bits per heavy atom.